The Balaban J connectivity index is 2.49. The fourth-order valence-corrected chi connectivity index (χ4v) is 2.15. The Morgan fingerprint density at radius 3 is 2.95 bits per heavy atom. The van der Waals surface area contributed by atoms with Gasteiger partial charge in [0.1, 0.15) is 6.26 Å². The fraction of sp³-hybridized carbons (Fsp3) is 0.273. The van der Waals surface area contributed by atoms with Crippen LogP contribution in [-0.4, -0.2) is 26.9 Å². The quantitative estimate of drug-likeness (QED) is 0.642. The molecular weight excluding hydrogens is 268 g/mol. The predicted molar refractivity (Wildman–Crippen MR) is 69.1 cm³/mol. The predicted octanol–water partition coefficient (Wildman–Crippen LogP) is 0.409. The van der Waals surface area contributed by atoms with E-state index >= 15 is 0 Å². The van der Waals surface area contributed by atoms with E-state index in [0.717, 1.165) is 0 Å². The van der Waals surface area contributed by atoms with Gasteiger partial charge in [0.2, 0.25) is 0 Å². The molecule has 0 aliphatic carbocycles. The first-order valence-electron chi connectivity index (χ1n) is 5.38. The van der Waals surface area contributed by atoms with Crippen molar-refractivity contribution in [3.63, 3.8) is 0 Å². The van der Waals surface area contributed by atoms with E-state index < -0.39 is 5.91 Å². The van der Waals surface area contributed by atoms with Crippen molar-refractivity contribution in [3.8, 4) is 0 Å². The maximum Gasteiger partial charge on any atom is 0.271 e. The lowest BCUT2D eigenvalue weighted by molar-refractivity contribution is 0.0991. The molecule has 0 saturated heterocycles. The number of carbonyl (C=O) groups excluding carboxylic acids is 1. The van der Waals surface area contributed by atoms with Crippen LogP contribution in [0.25, 0.3) is 0 Å². The third-order valence-electron chi connectivity index (χ3n) is 2.57. The molecule has 0 fully saturated rings. The minimum Gasteiger partial charge on any atom is -0.364 e. The minimum atomic E-state index is -0.692. The Bertz CT molecular complexity index is 677. The first kappa shape index (κ1) is 13.3. The number of carbonyl (C=O) groups is 1. The molecule has 0 aromatic carbocycles. The number of primary amides is 1. The topological polar surface area (TPSA) is 104 Å². The molecule has 0 spiro atoms. The summed E-state index contributed by atoms with van der Waals surface area (Å²) in [7, 11) is 0. The van der Waals surface area contributed by atoms with Gasteiger partial charge >= 0.3 is 0 Å². The summed E-state index contributed by atoms with van der Waals surface area (Å²) in [5.74, 6) is -0.692. The summed E-state index contributed by atoms with van der Waals surface area (Å²) < 4.78 is 6.19. The van der Waals surface area contributed by atoms with Gasteiger partial charge in [-0.2, -0.15) is 0 Å². The fourth-order valence-electron chi connectivity index (χ4n) is 1.62. The molecule has 0 radical (unpaired) electrons. The summed E-state index contributed by atoms with van der Waals surface area (Å²) >= 11 is 1.34. The molecule has 19 heavy (non-hydrogen) atoms. The van der Waals surface area contributed by atoms with E-state index in [2.05, 4.69) is 10.1 Å². The van der Waals surface area contributed by atoms with Crippen LogP contribution in [-0.2, 0) is 6.54 Å². The second-order valence-corrected chi connectivity index (χ2v) is 4.65. The molecule has 0 saturated carbocycles. The lowest BCUT2D eigenvalue weighted by Gasteiger charge is -2.09. The molecule has 0 atom stereocenters. The van der Waals surface area contributed by atoms with E-state index in [1.165, 1.54) is 28.8 Å². The van der Waals surface area contributed by atoms with Crippen LogP contribution in [0.15, 0.2) is 26.9 Å². The van der Waals surface area contributed by atoms with Gasteiger partial charge in [-0.3, -0.25) is 14.2 Å². The van der Waals surface area contributed by atoms with E-state index in [1.807, 2.05) is 6.26 Å². The van der Waals surface area contributed by atoms with Crippen LogP contribution < -0.4 is 11.3 Å². The number of hydrogen-bond donors (Lipinski definition) is 1. The van der Waals surface area contributed by atoms with Gasteiger partial charge < -0.3 is 10.3 Å². The highest BCUT2D eigenvalue weighted by Crippen LogP contribution is 2.13. The van der Waals surface area contributed by atoms with Crippen LogP contribution in [0.5, 0.6) is 0 Å². The van der Waals surface area contributed by atoms with Gasteiger partial charge in [0, 0.05) is 17.3 Å². The number of amides is 1. The number of aryl methyl sites for hydroxylation is 1. The largest absolute Gasteiger partial charge is 0.364 e. The SMILES string of the molecule is CSc1ncc(C)c(=O)n1Cc1conc1C(N)=O. The van der Waals surface area contributed by atoms with E-state index in [9.17, 15) is 9.59 Å². The number of nitrogens with two attached hydrogens (primary N) is 1. The minimum absolute atomic E-state index is 0.0282. The Morgan fingerprint density at radius 1 is 1.58 bits per heavy atom. The zero-order valence-electron chi connectivity index (χ0n) is 10.4. The maximum atomic E-state index is 12.1. The highest BCUT2D eigenvalue weighted by atomic mass is 32.2. The number of aromatic nitrogens is 3. The van der Waals surface area contributed by atoms with Crippen LogP contribution >= 0.6 is 11.8 Å². The molecule has 0 aliphatic heterocycles. The molecule has 2 aromatic rings. The second kappa shape index (κ2) is 5.27. The van der Waals surface area contributed by atoms with Crippen molar-refractivity contribution in [1.82, 2.24) is 14.7 Å². The van der Waals surface area contributed by atoms with Gasteiger partial charge in [-0.25, -0.2) is 4.98 Å². The number of rotatable bonds is 4. The van der Waals surface area contributed by atoms with Crippen LogP contribution in [0.4, 0.5) is 0 Å². The molecule has 0 bridgehead atoms. The molecule has 100 valence electrons. The first-order valence-corrected chi connectivity index (χ1v) is 6.60. The molecule has 0 aliphatic rings. The van der Waals surface area contributed by atoms with E-state index in [4.69, 9.17) is 10.3 Å². The smallest absolute Gasteiger partial charge is 0.271 e. The van der Waals surface area contributed by atoms with Gasteiger partial charge in [0.15, 0.2) is 10.9 Å². The average molecular weight is 280 g/mol. The summed E-state index contributed by atoms with van der Waals surface area (Å²) in [6.45, 7) is 1.82. The van der Waals surface area contributed by atoms with Crippen molar-refractivity contribution in [3.05, 3.63) is 39.6 Å². The van der Waals surface area contributed by atoms with Gasteiger partial charge in [0.05, 0.1) is 6.54 Å². The van der Waals surface area contributed by atoms with Crippen molar-refractivity contribution < 1.29 is 9.32 Å². The number of hydrogen-bond acceptors (Lipinski definition) is 6. The lowest BCUT2D eigenvalue weighted by atomic mass is 10.2. The molecule has 1 amide bonds. The molecular formula is C11H12N4O3S. The summed E-state index contributed by atoms with van der Waals surface area (Å²) in [5.41, 5.74) is 6.02. The maximum absolute atomic E-state index is 12.1. The second-order valence-electron chi connectivity index (χ2n) is 3.87. The monoisotopic (exact) mass is 280 g/mol. The first-order chi connectivity index (χ1) is 9.04. The normalized spacial score (nSPS) is 10.6. The van der Waals surface area contributed by atoms with Crippen molar-refractivity contribution in [2.24, 2.45) is 5.73 Å². The zero-order valence-corrected chi connectivity index (χ0v) is 11.2. The molecule has 8 heteroatoms. The molecule has 2 aromatic heterocycles. The average Bonchev–Trinajstić information content (AvgIpc) is 2.83. The highest BCUT2D eigenvalue weighted by molar-refractivity contribution is 7.98. The number of thioether (sulfide) groups is 1. The van der Waals surface area contributed by atoms with Crippen LogP contribution in [0.2, 0.25) is 0 Å². The Kier molecular flexibility index (Phi) is 3.70. The molecule has 2 rings (SSSR count). The van der Waals surface area contributed by atoms with Crippen LogP contribution in [0.1, 0.15) is 21.6 Å². The number of nitrogens with zero attached hydrogens (tertiary/aromatic N) is 3. The highest BCUT2D eigenvalue weighted by Gasteiger charge is 2.16. The summed E-state index contributed by atoms with van der Waals surface area (Å²) in [4.78, 5) is 27.4. The summed E-state index contributed by atoms with van der Waals surface area (Å²) in [5, 5.41) is 4.08. The Hall–Kier alpha value is -2.09. The van der Waals surface area contributed by atoms with E-state index in [0.29, 0.717) is 16.3 Å². The third-order valence-corrected chi connectivity index (χ3v) is 3.26. The Morgan fingerprint density at radius 2 is 2.32 bits per heavy atom. The summed E-state index contributed by atoms with van der Waals surface area (Å²) in [6.07, 6.45) is 4.64. The Labute approximate surface area is 112 Å². The van der Waals surface area contributed by atoms with Crippen LogP contribution in [0, 0.1) is 6.92 Å². The molecule has 2 N–H and O–H groups in total. The van der Waals surface area contributed by atoms with E-state index in [-0.39, 0.29) is 17.8 Å². The zero-order chi connectivity index (χ0) is 14.0. The molecule has 7 nitrogen and oxygen atoms in total. The standard InChI is InChI=1S/C11H12N4O3S/c1-6-3-13-11(19-2)15(10(6)17)4-7-5-18-14-8(7)9(12)16/h3,5H,4H2,1-2H3,(H2,12,16). The van der Waals surface area contributed by atoms with Gasteiger partial charge in [-0.15, -0.1) is 0 Å². The summed E-state index contributed by atoms with van der Waals surface area (Å²) in [6, 6.07) is 0. The third kappa shape index (κ3) is 2.53. The van der Waals surface area contributed by atoms with E-state index in [1.54, 1.807) is 6.92 Å². The van der Waals surface area contributed by atoms with Crippen molar-refractivity contribution in [2.75, 3.05) is 6.26 Å². The van der Waals surface area contributed by atoms with Crippen LogP contribution in [0.3, 0.4) is 0 Å². The molecule has 2 heterocycles. The van der Waals surface area contributed by atoms with Crippen molar-refractivity contribution in [1.29, 1.82) is 0 Å². The van der Waals surface area contributed by atoms with Gasteiger partial charge in [-0.05, 0) is 13.2 Å². The van der Waals surface area contributed by atoms with Gasteiger partial charge in [0.25, 0.3) is 11.5 Å². The van der Waals surface area contributed by atoms with Gasteiger partial charge in [-0.1, -0.05) is 16.9 Å². The lowest BCUT2D eigenvalue weighted by Crippen LogP contribution is -2.26. The van der Waals surface area contributed by atoms with Crippen molar-refractivity contribution in [2.45, 2.75) is 18.6 Å². The molecule has 0 unspecified atom stereocenters. The van der Waals surface area contributed by atoms with Crippen molar-refractivity contribution >= 4 is 17.7 Å².